The van der Waals surface area contributed by atoms with E-state index >= 15 is 0 Å². The van der Waals surface area contributed by atoms with Gasteiger partial charge in [-0.05, 0) is 52.7 Å². The molecule has 29 heavy (non-hydrogen) atoms. The van der Waals surface area contributed by atoms with E-state index in [0.717, 1.165) is 22.1 Å². The summed E-state index contributed by atoms with van der Waals surface area (Å²) in [6.07, 6.45) is 3.15. The Labute approximate surface area is 167 Å². The van der Waals surface area contributed by atoms with Crippen molar-refractivity contribution in [3.05, 3.63) is 71.8 Å². The van der Waals surface area contributed by atoms with E-state index in [1.54, 1.807) is 37.5 Å². The molecule has 3 aromatic carbocycles. The number of benzene rings is 3. The van der Waals surface area contributed by atoms with Crippen molar-refractivity contribution < 1.29 is 28.9 Å². The number of hydrogen-bond acceptors (Lipinski definition) is 5. The van der Waals surface area contributed by atoms with E-state index in [1.165, 1.54) is 13.2 Å². The lowest BCUT2D eigenvalue weighted by Gasteiger charge is -2.09. The molecule has 0 amide bonds. The van der Waals surface area contributed by atoms with Gasteiger partial charge in [0.1, 0.15) is 5.75 Å². The van der Waals surface area contributed by atoms with Crippen LogP contribution in [0.2, 0.25) is 0 Å². The van der Waals surface area contributed by atoms with Gasteiger partial charge >= 0.3 is 5.97 Å². The molecule has 0 saturated carbocycles. The van der Waals surface area contributed by atoms with Crippen molar-refractivity contribution in [1.82, 2.24) is 0 Å². The van der Waals surface area contributed by atoms with Crippen molar-refractivity contribution >= 4 is 28.6 Å². The van der Waals surface area contributed by atoms with Gasteiger partial charge in [-0.2, -0.15) is 0 Å². The molecule has 0 heterocycles. The molecule has 0 aromatic heterocycles. The summed E-state index contributed by atoms with van der Waals surface area (Å²) in [6, 6.07) is 16.2. The lowest BCUT2D eigenvalue weighted by Crippen LogP contribution is -2.10. The number of aliphatic carboxylic acids is 1. The first kappa shape index (κ1) is 19.9. The zero-order valence-corrected chi connectivity index (χ0v) is 16.0. The summed E-state index contributed by atoms with van der Waals surface area (Å²) in [7, 11) is 3.08. The number of carbonyl (C=O) groups excluding carboxylic acids is 1. The third kappa shape index (κ3) is 4.93. The molecule has 0 spiro atoms. The van der Waals surface area contributed by atoms with Crippen LogP contribution in [-0.2, 0) is 4.79 Å². The molecule has 0 radical (unpaired) electrons. The van der Waals surface area contributed by atoms with Gasteiger partial charge in [-0.15, -0.1) is 0 Å². The molecule has 0 bridgehead atoms. The number of allylic oxidation sites excluding steroid dienone is 1. The highest BCUT2D eigenvalue weighted by molar-refractivity contribution is 6.08. The Morgan fingerprint density at radius 2 is 1.66 bits per heavy atom. The van der Waals surface area contributed by atoms with Crippen LogP contribution in [0.15, 0.2) is 60.7 Å². The Hall–Kier alpha value is -3.80. The smallest absolute Gasteiger partial charge is 0.341 e. The van der Waals surface area contributed by atoms with Gasteiger partial charge in [-0.25, -0.2) is 4.79 Å². The highest BCUT2D eigenvalue weighted by Crippen LogP contribution is 2.28. The first-order valence-electron chi connectivity index (χ1n) is 8.83. The number of fused-ring (bicyclic) bond motifs is 1. The SMILES string of the molecule is COc1ccc2cc(C(=O)/C=C/c3ccc(OCC(=O)O)c(OC)c3)ccc2c1. The molecule has 3 aromatic rings. The van der Waals surface area contributed by atoms with Crippen molar-refractivity contribution in [3.8, 4) is 17.2 Å². The largest absolute Gasteiger partial charge is 0.497 e. The van der Waals surface area contributed by atoms with Crippen LogP contribution in [0.5, 0.6) is 17.2 Å². The van der Waals surface area contributed by atoms with E-state index in [0.29, 0.717) is 17.1 Å². The summed E-state index contributed by atoms with van der Waals surface area (Å²) in [4.78, 5) is 23.2. The highest BCUT2D eigenvalue weighted by Gasteiger charge is 2.08. The van der Waals surface area contributed by atoms with E-state index in [9.17, 15) is 9.59 Å². The maximum absolute atomic E-state index is 12.6. The Bertz CT molecular complexity index is 1080. The van der Waals surface area contributed by atoms with E-state index in [4.69, 9.17) is 19.3 Å². The molecular weight excluding hydrogens is 372 g/mol. The molecule has 0 unspecified atom stereocenters. The number of carbonyl (C=O) groups is 2. The number of methoxy groups -OCH3 is 2. The monoisotopic (exact) mass is 392 g/mol. The predicted molar refractivity (Wildman–Crippen MR) is 110 cm³/mol. The molecule has 148 valence electrons. The lowest BCUT2D eigenvalue weighted by molar-refractivity contribution is -0.139. The molecule has 3 rings (SSSR count). The van der Waals surface area contributed by atoms with Crippen LogP contribution < -0.4 is 14.2 Å². The lowest BCUT2D eigenvalue weighted by atomic mass is 10.0. The van der Waals surface area contributed by atoms with Gasteiger partial charge in [-0.3, -0.25) is 4.79 Å². The fraction of sp³-hybridized carbons (Fsp3) is 0.130. The molecular formula is C23H20O6. The van der Waals surface area contributed by atoms with Crippen LogP contribution in [0.25, 0.3) is 16.8 Å². The second kappa shape index (κ2) is 8.93. The molecule has 0 aliphatic rings. The first-order chi connectivity index (χ1) is 14.0. The van der Waals surface area contributed by atoms with Crippen LogP contribution in [0.4, 0.5) is 0 Å². The Balaban J connectivity index is 1.77. The molecule has 6 heteroatoms. The Morgan fingerprint density at radius 3 is 2.38 bits per heavy atom. The average Bonchev–Trinajstić information content (AvgIpc) is 2.75. The minimum atomic E-state index is -1.07. The molecule has 0 saturated heterocycles. The highest BCUT2D eigenvalue weighted by atomic mass is 16.5. The van der Waals surface area contributed by atoms with E-state index < -0.39 is 12.6 Å². The van der Waals surface area contributed by atoms with Crippen LogP contribution in [0.1, 0.15) is 15.9 Å². The van der Waals surface area contributed by atoms with Crippen molar-refractivity contribution in [2.45, 2.75) is 0 Å². The van der Waals surface area contributed by atoms with Crippen LogP contribution in [0.3, 0.4) is 0 Å². The number of rotatable bonds is 8. The molecule has 0 atom stereocenters. The van der Waals surface area contributed by atoms with Crippen molar-refractivity contribution in [3.63, 3.8) is 0 Å². The molecule has 0 fully saturated rings. The van der Waals surface area contributed by atoms with Crippen molar-refractivity contribution in [2.75, 3.05) is 20.8 Å². The van der Waals surface area contributed by atoms with Gasteiger partial charge < -0.3 is 19.3 Å². The van der Waals surface area contributed by atoms with Gasteiger partial charge in [0.05, 0.1) is 14.2 Å². The normalized spacial score (nSPS) is 10.8. The molecule has 6 nitrogen and oxygen atoms in total. The fourth-order valence-electron chi connectivity index (χ4n) is 2.82. The standard InChI is InChI=1S/C23H20O6/c1-27-19-8-7-16-12-18(6-5-17(16)13-19)20(24)9-3-15-4-10-21(22(11-15)28-2)29-14-23(25)26/h3-13H,14H2,1-2H3,(H,25,26)/b9-3+. The van der Waals surface area contributed by atoms with Crippen LogP contribution in [-0.4, -0.2) is 37.7 Å². The van der Waals surface area contributed by atoms with Gasteiger partial charge in [-0.1, -0.05) is 30.3 Å². The van der Waals surface area contributed by atoms with Crippen LogP contribution >= 0.6 is 0 Å². The van der Waals surface area contributed by atoms with E-state index in [-0.39, 0.29) is 5.78 Å². The Kier molecular flexibility index (Phi) is 6.14. The topological polar surface area (TPSA) is 82.1 Å². The summed E-state index contributed by atoms with van der Waals surface area (Å²) in [5.74, 6) is 0.272. The second-order valence-corrected chi connectivity index (χ2v) is 6.22. The third-order valence-electron chi connectivity index (χ3n) is 4.30. The number of hydrogen-bond donors (Lipinski definition) is 1. The van der Waals surface area contributed by atoms with Gasteiger partial charge in [0.15, 0.2) is 23.9 Å². The van der Waals surface area contributed by atoms with E-state index in [2.05, 4.69) is 0 Å². The van der Waals surface area contributed by atoms with Gasteiger partial charge in [0, 0.05) is 5.56 Å². The zero-order valence-electron chi connectivity index (χ0n) is 16.0. The van der Waals surface area contributed by atoms with E-state index in [1.807, 2.05) is 30.3 Å². The maximum Gasteiger partial charge on any atom is 0.341 e. The number of carboxylic acid groups (broad SMARTS) is 1. The van der Waals surface area contributed by atoms with Crippen molar-refractivity contribution in [2.24, 2.45) is 0 Å². The average molecular weight is 392 g/mol. The number of ketones is 1. The van der Waals surface area contributed by atoms with Crippen LogP contribution in [0, 0.1) is 0 Å². The predicted octanol–water partition coefficient (Wildman–Crippen LogP) is 4.22. The summed E-state index contributed by atoms with van der Waals surface area (Å²) in [5, 5.41) is 10.7. The maximum atomic E-state index is 12.6. The van der Waals surface area contributed by atoms with Crippen molar-refractivity contribution in [1.29, 1.82) is 0 Å². The molecule has 0 aliphatic heterocycles. The van der Waals surface area contributed by atoms with Gasteiger partial charge in [0.2, 0.25) is 0 Å². The quantitative estimate of drug-likeness (QED) is 0.457. The minimum absolute atomic E-state index is 0.132. The fourth-order valence-corrected chi connectivity index (χ4v) is 2.82. The molecule has 0 aliphatic carbocycles. The number of carboxylic acids is 1. The Morgan fingerprint density at radius 1 is 0.897 bits per heavy atom. The third-order valence-corrected chi connectivity index (χ3v) is 4.30. The second-order valence-electron chi connectivity index (χ2n) is 6.22. The summed E-state index contributed by atoms with van der Waals surface area (Å²) >= 11 is 0. The summed E-state index contributed by atoms with van der Waals surface area (Å²) in [6.45, 7) is -0.460. The minimum Gasteiger partial charge on any atom is -0.497 e. The zero-order chi connectivity index (χ0) is 20.8. The first-order valence-corrected chi connectivity index (χ1v) is 8.83. The van der Waals surface area contributed by atoms with Gasteiger partial charge in [0.25, 0.3) is 0 Å². The summed E-state index contributed by atoms with van der Waals surface area (Å²) < 4.78 is 15.6. The summed E-state index contributed by atoms with van der Waals surface area (Å²) in [5.41, 5.74) is 1.30. The number of ether oxygens (including phenoxy) is 3. The molecule has 1 N–H and O–H groups in total.